The third kappa shape index (κ3) is 2.06. The van der Waals surface area contributed by atoms with Gasteiger partial charge in [0.15, 0.2) is 0 Å². The van der Waals surface area contributed by atoms with Crippen molar-refractivity contribution >= 4 is 16.9 Å². The summed E-state index contributed by atoms with van der Waals surface area (Å²) in [7, 11) is 1.94. The summed E-state index contributed by atoms with van der Waals surface area (Å²) < 4.78 is 2.04. The first-order valence-electron chi connectivity index (χ1n) is 6.60. The van der Waals surface area contributed by atoms with Gasteiger partial charge in [0.05, 0.1) is 17.5 Å². The normalized spacial score (nSPS) is 27.2. The molecule has 0 amide bonds. The van der Waals surface area contributed by atoms with E-state index < -0.39 is 0 Å². The van der Waals surface area contributed by atoms with Gasteiger partial charge in [0.2, 0.25) is 0 Å². The fourth-order valence-corrected chi connectivity index (χ4v) is 3.11. The lowest BCUT2D eigenvalue weighted by atomic mass is 10.1. The number of aliphatic hydroxyl groups excluding tert-OH is 1. The van der Waals surface area contributed by atoms with Gasteiger partial charge in [-0.2, -0.15) is 0 Å². The Labute approximate surface area is 111 Å². The fourth-order valence-electron chi connectivity index (χ4n) is 3.11. The summed E-state index contributed by atoms with van der Waals surface area (Å²) in [5.74, 6) is 0.990. The average Bonchev–Trinajstić information content (AvgIpc) is 2.94. The highest BCUT2D eigenvalue weighted by molar-refractivity contribution is 5.86. The largest absolute Gasteiger partial charge is 0.391 e. The third-order valence-electron chi connectivity index (χ3n) is 3.98. The minimum atomic E-state index is -0.329. The molecule has 0 radical (unpaired) electrons. The van der Waals surface area contributed by atoms with E-state index in [1.54, 1.807) is 0 Å². The van der Waals surface area contributed by atoms with Crippen molar-refractivity contribution in [2.45, 2.75) is 25.0 Å². The lowest BCUT2D eigenvalue weighted by Crippen LogP contribution is -2.17. The number of aromatic nitrogens is 3. The number of nitrogens with two attached hydrogens (primary N) is 1. The molecule has 2 heterocycles. The van der Waals surface area contributed by atoms with Crippen LogP contribution in [0, 0.1) is 5.92 Å². The first-order valence-corrected chi connectivity index (χ1v) is 6.60. The number of nitrogens with one attached hydrogen (secondary N) is 1. The molecule has 0 saturated heterocycles. The number of hydrogen-bond donors (Lipinski definition) is 3. The number of nitrogens with zero attached hydrogens (tertiary/aromatic N) is 3. The van der Waals surface area contributed by atoms with E-state index in [2.05, 4.69) is 15.3 Å². The molecule has 1 fully saturated rings. The highest BCUT2D eigenvalue weighted by Gasteiger charge is 2.34. The molecule has 102 valence electrons. The molecule has 1 saturated carbocycles. The van der Waals surface area contributed by atoms with Gasteiger partial charge in [0.25, 0.3) is 0 Å². The average molecular weight is 261 g/mol. The molecule has 1 aliphatic carbocycles. The minimum Gasteiger partial charge on any atom is -0.391 e. The Hall–Kier alpha value is -1.66. The van der Waals surface area contributed by atoms with Gasteiger partial charge >= 0.3 is 0 Å². The topological polar surface area (TPSA) is 89.0 Å². The Morgan fingerprint density at radius 2 is 2.32 bits per heavy atom. The second-order valence-corrected chi connectivity index (χ2v) is 5.25. The van der Waals surface area contributed by atoms with Gasteiger partial charge in [0.1, 0.15) is 17.8 Å². The second-order valence-electron chi connectivity index (χ2n) is 5.25. The van der Waals surface area contributed by atoms with Crippen LogP contribution >= 0.6 is 0 Å². The predicted molar refractivity (Wildman–Crippen MR) is 73.6 cm³/mol. The molecule has 0 aromatic carbocycles. The monoisotopic (exact) mass is 261 g/mol. The Balaban J connectivity index is 1.94. The summed E-state index contributed by atoms with van der Waals surface area (Å²) in [6.07, 6.45) is 4.87. The van der Waals surface area contributed by atoms with E-state index in [9.17, 15) is 5.11 Å². The van der Waals surface area contributed by atoms with E-state index in [0.29, 0.717) is 11.7 Å². The smallest absolute Gasteiger partial charge is 0.145 e. The Morgan fingerprint density at radius 3 is 3.11 bits per heavy atom. The van der Waals surface area contributed by atoms with Crippen molar-refractivity contribution in [2.24, 2.45) is 5.92 Å². The standard InChI is InChI=1S/C13H19N5O/c1-15-6-8-4-10(11(19)5-8)18-3-2-9-12(14)16-7-17-13(9)18/h2-3,7-8,10-11,15,19H,4-6H2,1H3,(H2,14,16,17). The van der Waals surface area contributed by atoms with Gasteiger partial charge < -0.3 is 20.7 Å². The third-order valence-corrected chi connectivity index (χ3v) is 3.98. The molecule has 0 spiro atoms. The number of aliphatic hydroxyl groups is 1. The van der Waals surface area contributed by atoms with Crippen LogP contribution in [0.25, 0.3) is 11.0 Å². The van der Waals surface area contributed by atoms with E-state index in [-0.39, 0.29) is 12.1 Å². The number of rotatable bonds is 3. The van der Waals surface area contributed by atoms with Crippen molar-refractivity contribution in [3.63, 3.8) is 0 Å². The zero-order chi connectivity index (χ0) is 13.4. The Bertz CT molecular complexity index is 581. The van der Waals surface area contributed by atoms with Gasteiger partial charge in [-0.3, -0.25) is 0 Å². The molecule has 3 unspecified atom stereocenters. The molecule has 2 aromatic heterocycles. The molecule has 4 N–H and O–H groups in total. The number of anilines is 1. The highest BCUT2D eigenvalue weighted by Crippen LogP contribution is 2.36. The Morgan fingerprint density at radius 1 is 1.47 bits per heavy atom. The maximum Gasteiger partial charge on any atom is 0.145 e. The van der Waals surface area contributed by atoms with Gasteiger partial charge in [-0.1, -0.05) is 0 Å². The van der Waals surface area contributed by atoms with E-state index in [1.165, 1.54) is 6.33 Å². The van der Waals surface area contributed by atoms with Crippen LogP contribution in [0.4, 0.5) is 5.82 Å². The summed E-state index contributed by atoms with van der Waals surface area (Å²) in [6, 6.07) is 1.99. The minimum absolute atomic E-state index is 0.0742. The summed E-state index contributed by atoms with van der Waals surface area (Å²) in [6.45, 7) is 0.934. The molecule has 2 aromatic rings. The zero-order valence-corrected chi connectivity index (χ0v) is 11.0. The lowest BCUT2D eigenvalue weighted by Gasteiger charge is -2.17. The number of nitrogen functional groups attached to an aromatic ring is 1. The Kier molecular flexibility index (Phi) is 3.12. The van der Waals surface area contributed by atoms with Crippen molar-refractivity contribution in [1.82, 2.24) is 19.9 Å². The summed E-state index contributed by atoms with van der Waals surface area (Å²) in [5.41, 5.74) is 6.65. The van der Waals surface area contributed by atoms with Crippen molar-refractivity contribution in [2.75, 3.05) is 19.3 Å². The molecule has 3 atom stereocenters. The van der Waals surface area contributed by atoms with Crippen molar-refractivity contribution in [1.29, 1.82) is 0 Å². The molecule has 0 bridgehead atoms. The van der Waals surface area contributed by atoms with Crippen LogP contribution < -0.4 is 11.1 Å². The van der Waals surface area contributed by atoms with E-state index >= 15 is 0 Å². The van der Waals surface area contributed by atoms with Crippen LogP contribution in [0.3, 0.4) is 0 Å². The van der Waals surface area contributed by atoms with Crippen LogP contribution in [-0.4, -0.2) is 39.3 Å². The summed E-state index contributed by atoms with van der Waals surface area (Å²) >= 11 is 0. The second kappa shape index (κ2) is 4.79. The van der Waals surface area contributed by atoms with Crippen LogP contribution in [-0.2, 0) is 0 Å². The van der Waals surface area contributed by atoms with E-state index in [0.717, 1.165) is 30.4 Å². The van der Waals surface area contributed by atoms with Gasteiger partial charge in [-0.15, -0.1) is 0 Å². The number of fused-ring (bicyclic) bond motifs is 1. The van der Waals surface area contributed by atoms with E-state index in [4.69, 9.17) is 5.73 Å². The SMILES string of the molecule is CNCC1CC(O)C(n2ccc3c(N)ncnc32)C1. The maximum absolute atomic E-state index is 10.3. The van der Waals surface area contributed by atoms with Crippen LogP contribution in [0.5, 0.6) is 0 Å². The summed E-state index contributed by atoms with van der Waals surface area (Å²) in [5, 5.41) is 14.3. The van der Waals surface area contributed by atoms with Gasteiger partial charge in [-0.25, -0.2) is 9.97 Å². The maximum atomic E-state index is 10.3. The van der Waals surface area contributed by atoms with Gasteiger partial charge in [0, 0.05) is 6.20 Å². The molecular weight excluding hydrogens is 242 g/mol. The van der Waals surface area contributed by atoms with Crippen molar-refractivity contribution < 1.29 is 5.11 Å². The van der Waals surface area contributed by atoms with Gasteiger partial charge in [-0.05, 0) is 38.4 Å². The van der Waals surface area contributed by atoms with Crippen LogP contribution in [0.15, 0.2) is 18.6 Å². The highest BCUT2D eigenvalue weighted by atomic mass is 16.3. The first kappa shape index (κ1) is 12.4. The lowest BCUT2D eigenvalue weighted by molar-refractivity contribution is 0.136. The van der Waals surface area contributed by atoms with Crippen LogP contribution in [0.2, 0.25) is 0 Å². The molecule has 0 aliphatic heterocycles. The molecule has 3 rings (SSSR count). The zero-order valence-electron chi connectivity index (χ0n) is 11.0. The fraction of sp³-hybridized carbons (Fsp3) is 0.538. The molecular formula is C13H19N5O. The molecule has 19 heavy (non-hydrogen) atoms. The van der Waals surface area contributed by atoms with Crippen molar-refractivity contribution in [3.8, 4) is 0 Å². The summed E-state index contributed by atoms with van der Waals surface area (Å²) in [4.78, 5) is 8.29. The predicted octanol–water partition coefficient (Wildman–Crippen LogP) is 0.545. The van der Waals surface area contributed by atoms with Crippen molar-refractivity contribution in [3.05, 3.63) is 18.6 Å². The quantitative estimate of drug-likeness (QED) is 0.750. The molecule has 6 nitrogen and oxygen atoms in total. The number of hydrogen-bond acceptors (Lipinski definition) is 5. The molecule has 6 heteroatoms. The van der Waals surface area contributed by atoms with Crippen LogP contribution in [0.1, 0.15) is 18.9 Å². The first-order chi connectivity index (χ1) is 9.20. The van der Waals surface area contributed by atoms with E-state index in [1.807, 2.05) is 23.9 Å². The molecule has 1 aliphatic rings.